The summed E-state index contributed by atoms with van der Waals surface area (Å²) >= 11 is 5.72. The van der Waals surface area contributed by atoms with E-state index in [-0.39, 0.29) is 16.5 Å². The van der Waals surface area contributed by atoms with Crippen molar-refractivity contribution in [2.45, 2.75) is 6.61 Å². The Morgan fingerprint density at radius 2 is 2.06 bits per heavy atom. The molecule has 0 amide bonds. The Morgan fingerprint density at radius 3 is 2.61 bits per heavy atom. The third-order valence-electron chi connectivity index (χ3n) is 2.36. The average Bonchev–Trinajstić information content (AvgIpc) is 2.63. The molecule has 2 rings (SSSR count). The monoisotopic (exact) mass is 274 g/mol. The van der Waals surface area contributed by atoms with Crippen LogP contribution in [0.15, 0.2) is 35.4 Å². The molecule has 0 aliphatic carbocycles. The number of aromatic nitrogens is 2. The van der Waals surface area contributed by atoms with Gasteiger partial charge in [-0.3, -0.25) is 4.57 Å². The van der Waals surface area contributed by atoms with E-state index < -0.39 is 6.61 Å². The van der Waals surface area contributed by atoms with E-state index in [2.05, 4.69) is 4.74 Å². The second-order valence-electron chi connectivity index (χ2n) is 3.55. The quantitative estimate of drug-likeness (QED) is 0.862. The van der Waals surface area contributed by atoms with E-state index in [1.807, 2.05) is 0 Å². The average molecular weight is 275 g/mol. The summed E-state index contributed by atoms with van der Waals surface area (Å²) in [5.74, 6) is -0.167. The molecule has 0 aliphatic heterocycles. The molecule has 0 unspecified atom stereocenters. The van der Waals surface area contributed by atoms with Gasteiger partial charge in [0.1, 0.15) is 5.75 Å². The van der Waals surface area contributed by atoms with Crippen molar-refractivity contribution >= 4 is 11.6 Å². The highest BCUT2D eigenvalue weighted by Crippen LogP contribution is 2.28. The molecule has 18 heavy (non-hydrogen) atoms. The van der Waals surface area contributed by atoms with Crippen LogP contribution in [0.3, 0.4) is 0 Å². The first kappa shape index (κ1) is 12.6. The van der Waals surface area contributed by atoms with Crippen molar-refractivity contribution in [3.05, 3.63) is 46.1 Å². The molecule has 0 aliphatic rings. The SMILES string of the molecule is Cn1ccn(-c2ccc(Cl)c(OC(F)F)c2)c1=O. The van der Waals surface area contributed by atoms with Gasteiger partial charge in [0.05, 0.1) is 10.7 Å². The van der Waals surface area contributed by atoms with Crippen LogP contribution in [0.1, 0.15) is 0 Å². The first-order valence-electron chi connectivity index (χ1n) is 4.98. The molecule has 1 aromatic heterocycles. The molecule has 0 bridgehead atoms. The number of alkyl halides is 2. The van der Waals surface area contributed by atoms with E-state index in [4.69, 9.17) is 11.6 Å². The first-order chi connectivity index (χ1) is 8.49. The molecule has 0 spiro atoms. The summed E-state index contributed by atoms with van der Waals surface area (Å²) in [6.07, 6.45) is 3.09. The number of nitrogens with zero attached hydrogens (tertiary/aromatic N) is 2. The van der Waals surface area contributed by atoms with Crippen LogP contribution < -0.4 is 10.4 Å². The molecule has 2 aromatic rings. The van der Waals surface area contributed by atoms with Crippen LogP contribution in [0.5, 0.6) is 5.75 Å². The topological polar surface area (TPSA) is 36.2 Å². The van der Waals surface area contributed by atoms with Gasteiger partial charge >= 0.3 is 12.3 Å². The zero-order valence-electron chi connectivity index (χ0n) is 9.31. The van der Waals surface area contributed by atoms with Gasteiger partial charge in [0, 0.05) is 25.5 Å². The van der Waals surface area contributed by atoms with E-state index in [0.717, 1.165) is 0 Å². The minimum atomic E-state index is -2.97. The Hall–Kier alpha value is -1.82. The minimum absolute atomic E-state index is 0.0584. The highest BCUT2D eigenvalue weighted by atomic mass is 35.5. The Bertz CT molecular complexity index is 622. The number of rotatable bonds is 3. The second kappa shape index (κ2) is 4.81. The van der Waals surface area contributed by atoms with Crippen LogP contribution in [0.25, 0.3) is 5.69 Å². The first-order valence-corrected chi connectivity index (χ1v) is 5.35. The van der Waals surface area contributed by atoms with Gasteiger partial charge in [-0.2, -0.15) is 8.78 Å². The Kier molecular flexibility index (Phi) is 3.38. The van der Waals surface area contributed by atoms with Crippen LogP contribution >= 0.6 is 11.6 Å². The fraction of sp³-hybridized carbons (Fsp3) is 0.182. The predicted molar refractivity (Wildman–Crippen MR) is 62.7 cm³/mol. The summed E-state index contributed by atoms with van der Waals surface area (Å²) in [5, 5.41) is 0.0584. The highest BCUT2D eigenvalue weighted by molar-refractivity contribution is 6.32. The minimum Gasteiger partial charge on any atom is -0.433 e. The fourth-order valence-corrected chi connectivity index (χ4v) is 1.65. The molecule has 0 radical (unpaired) electrons. The number of imidazole rings is 1. The van der Waals surface area contributed by atoms with Crippen molar-refractivity contribution in [2.24, 2.45) is 7.05 Å². The van der Waals surface area contributed by atoms with Gasteiger partial charge in [-0.15, -0.1) is 0 Å². The zero-order valence-corrected chi connectivity index (χ0v) is 10.1. The molecule has 0 fully saturated rings. The summed E-state index contributed by atoms with van der Waals surface area (Å²) < 4.78 is 31.3. The standard InChI is InChI=1S/C11H9ClF2N2O2/c1-15-4-5-16(11(15)17)7-2-3-8(12)9(6-7)18-10(13)14/h2-6,10H,1H3. The van der Waals surface area contributed by atoms with Gasteiger partial charge in [0.15, 0.2) is 0 Å². The third-order valence-corrected chi connectivity index (χ3v) is 2.67. The van der Waals surface area contributed by atoms with Crippen LogP contribution in [-0.2, 0) is 7.05 Å². The maximum Gasteiger partial charge on any atom is 0.387 e. The summed E-state index contributed by atoms with van der Waals surface area (Å²) in [6, 6.07) is 4.23. The van der Waals surface area contributed by atoms with E-state index in [0.29, 0.717) is 5.69 Å². The van der Waals surface area contributed by atoms with E-state index in [1.165, 1.54) is 27.5 Å². The molecule has 1 aromatic carbocycles. The van der Waals surface area contributed by atoms with Crippen molar-refractivity contribution in [2.75, 3.05) is 0 Å². The Morgan fingerprint density at radius 1 is 1.33 bits per heavy atom. The van der Waals surface area contributed by atoms with Gasteiger partial charge < -0.3 is 9.30 Å². The highest BCUT2D eigenvalue weighted by Gasteiger charge is 2.11. The summed E-state index contributed by atoms with van der Waals surface area (Å²) in [4.78, 5) is 11.7. The molecule has 0 N–H and O–H groups in total. The van der Waals surface area contributed by atoms with Gasteiger partial charge in [-0.1, -0.05) is 11.6 Å². The Labute approximate surface area is 106 Å². The molecule has 0 saturated heterocycles. The van der Waals surface area contributed by atoms with Crippen LogP contribution in [0.2, 0.25) is 5.02 Å². The van der Waals surface area contributed by atoms with Gasteiger partial charge in [0.2, 0.25) is 0 Å². The van der Waals surface area contributed by atoms with Gasteiger partial charge in [0.25, 0.3) is 0 Å². The lowest BCUT2D eigenvalue weighted by Crippen LogP contribution is -2.20. The molecule has 96 valence electrons. The summed E-state index contributed by atoms with van der Waals surface area (Å²) in [7, 11) is 1.59. The van der Waals surface area contributed by atoms with Crippen molar-refractivity contribution in [3.63, 3.8) is 0 Å². The second-order valence-corrected chi connectivity index (χ2v) is 3.96. The smallest absolute Gasteiger partial charge is 0.387 e. The summed E-state index contributed by atoms with van der Waals surface area (Å²) in [5.41, 5.74) is 0.112. The maximum absolute atomic E-state index is 12.2. The van der Waals surface area contributed by atoms with Crippen molar-refractivity contribution in [1.29, 1.82) is 0 Å². The number of halogens is 3. The van der Waals surface area contributed by atoms with Crippen molar-refractivity contribution < 1.29 is 13.5 Å². The Balaban J connectivity index is 2.47. The van der Waals surface area contributed by atoms with E-state index in [1.54, 1.807) is 19.3 Å². The number of benzene rings is 1. The fourth-order valence-electron chi connectivity index (χ4n) is 1.49. The van der Waals surface area contributed by atoms with Crippen molar-refractivity contribution in [3.8, 4) is 11.4 Å². The van der Waals surface area contributed by atoms with E-state index in [9.17, 15) is 13.6 Å². The van der Waals surface area contributed by atoms with Crippen LogP contribution in [0.4, 0.5) is 8.78 Å². The number of hydrogen-bond donors (Lipinski definition) is 0. The molecular weight excluding hydrogens is 266 g/mol. The van der Waals surface area contributed by atoms with Gasteiger partial charge in [-0.25, -0.2) is 4.79 Å². The molecule has 4 nitrogen and oxygen atoms in total. The lowest BCUT2D eigenvalue weighted by Gasteiger charge is -2.08. The zero-order chi connectivity index (χ0) is 13.3. The molecule has 1 heterocycles. The normalized spacial score (nSPS) is 10.9. The lowest BCUT2D eigenvalue weighted by atomic mass is 10.3. The largest absolute Gasteiger partial charge is 0.433 e. The van der Waals surface area contributed by atoms with Gasteiger partial charge in [-0.05, 0) is 12.1 Å². The molecular formula is C11H9ClF2N2O2. The predicted octanol–water partition coefficient (Wildman–Crippen LogP) is 2.43. The number of aryl methyl sites for hydroxylation is 1. The molecule has 0 atom stereocenters. The van der Waals surface area contributed by atoms with E-state index >= 15 is 0 Å². The molecule has 7 heteroatoms. The summed E-state index contributed by atoms with van der Waals surface area (Å²) in [6.45, 7) is -2.97. The molecule has 0 saturated carbocycles. The number of hydrogen-bond acceptors (Lipinski definition) is 2. The number of ether oxygens (including phenoxy) is 1. The van der Waals surface area contributed by atoms with Crippen LogP contribution in [0, 0.1) is 0 Å². The van der Waals surface area contributed by atoms with Crippen molar-refractivity contribution in [1.82, 2.24) is 9.13 Å². The lowest BCUT2D eigenvalue weighted by molar-refractivity contribution is -0.0497. The third kappa shape index (κ3) is 2.38. The van der Waals surface area contributed by atoms with Crippen LogP contribution in [-0.4, -0.2) is 15.7 Å². The maximum atomic E-state index is 12.2.